The fraction of sp³-hybridized carbons (Fsp3) is 0.350. The van der Waals surface area contributed by atoms with Crippen LogP contribution < -0.4 is 17.1 Å². The van der Waals surface area contributed by atoms with Gasteiger partial charge in [-0.1, -0.05) is 42.5 Å². The van der Waals surface area contributed by atoms with Crippen molar-refractivity contribution in [3.05, 3.63) is 65.7 Å². The highest BCUT2D eigenvalue weighted by molar-refractivity contribution is 5.83. The van der Waals surface area contributed by atoms with Gasteiger partial charge in [0.1, 0.15) is 5.75 Å². The van der Waals surface area contributed by atoms with Gasteiger partial charge in [0.25, 0.3) is 0 Å². The molecule has 0 spiro atoms. The molecule has 0 bridgehead atoms. The summed E-state index contributed by atoms with van der Waals surface area (Å²) in [5.41, 5.74) is 2.41. The number of hydrogen-bond donors (Lipinski definition) is 0. The average molecular weight is 359 g/mol. The van der Waals surface area contributed by atoms with E-state index in [0.29, 0.717) is 6.61 Å². The minimum absolute atomic E-state index is 0. The first-order valence-corrected chi connectivity index (χ1v) is 8.62. The summed E-state index contributed by atoms with van der Waals surface area (Å²) in [4.78, 5) is 2.48. The minimum Gasteiger partial charge on any atom is -1.00 e. The lowest BCUT2D eigenvalue weighted by Gasteiger charge is -2.33. The first kappa shape index (κ1) is 19.3. The summed E-state index contributed by atoms with van der Waals surface area (Å²) in [7, 11) is 0. The van der Waals surface area contributed by atoms with Gasteiger partial charge in [-0.15, -0.1) is 0 Å². The van der Waals surface area contributed by atoms with E-state index in [1.54, 1.807) is 0 Å². The molecule has 0 atom stereocenters. The molecule has 0 N–H and O–H groups in total. The van der Waals surface area contributed by atoms with Crippen molar-refractivity contribution < 1.29 is 17.1 Å². The molecule has 4 nitrogen and oxygen atoms in total. The highest BCUT2D eigenvalue weighted by Gasteiger charge is 2.15. The molecule has 3 rings (SSSR count). The van der Waals surface area contributed by atoms with Gasteiger partial charge in [0.05, 0.1) is 12.8 Å². The predicted molar refractivity (Wildman–Crippen MR) is 98.5 cm³/mol. The van der Waals surface area contributed by atoms with E-state index in [2.05, 4.69) is 45.3 Å². The molecule has 2 aromatic rings. The topological polar surface area (TPSA) is 28.1 Å². The van der Waals surface area contributed by atoms with Crippen molar-refractivity contribution in [1.29, 1.82) is 0 Å². The van der Waals surface area contributed by atoms with Crippen molar-refractivity contribution in [2.75, 3.05) is 32.8 Å². The van der Waals surface area contributed by atoms with E-state index >= 15 is 0 Å². The Kier molecular flexibility index (Phi) is 7.76. The molecule has 0 saturated carbocycles. The summed E-state index contributed by atoms with van der Waals surface area (Å²) in [5, 5.41) is 6.78. The van der Waals surface area contributed by atoms with E-state index in [1.165, 1.54) is 5.56 Å². The van der Waals surface area contributed by atoms with Gasteiger partial charge in [0.15, 0.2) is 0 Å². The smallest absolute Gasteiger partial charge is 0.128 e. The summed E-state index contributed by atoms with van der Waals surface area (Å²) in [6.07, 6.45) is 1.91. The van der Waals surface area contributed by atoms with Crippen molar-refractivity contribution in [3.8, 4) is 5.75 Å². The van der Waals surface area contributed by atoms with Crippen LogP contribution in [0.2, 0.25) is 0 Å². The molecule has 0 amide bonds. The number of halogens is 1. The molecule has 1 fully saturated rings. The van der Waals surface area contributed by atoms with Gasteiger partial charge in [-0.2, -0.15) is 5.10 Å². The molecular formula is C20H25ClN3O-. The van der Waals surface area contributed by atoms with Gasteiger partial charge >= 0.3 is 0 Å². The van der Waals surface area contributed by atoms with Crippen LogP contribution in [0.15, 0.2) is 59.7 Å². The Balaban J connectivity index is 0.00000225. The van der Waals surface area contributed by atoms with Crippen LogP contribution in [-0.2, 0) is 6.54 Å². The van der Waals surface area contributed by atoms with Gasteiger partial charge in [-0.3, -0.25) is 9.91 Å². The van der Waals surface area contributed by atoms with Crippen LogP contribution in [0.4, 0.5) is 0 Å². The summed E-state index contributed by atoms with van der Waals surface area (Å²) in [6, 6.07) is 18.7. The Hall–Kier alpha value is -2.04. The summed E-state index contributed by atoms with van der Waals surface area (Å²) in [5.74, 6) is 0.895. The van der Waals surface area contributed by atoms with Gasteiger partial charge in [0, 0.05) is 38.3 Å². The highest BCUT2D eigenvalue weighted by Crippen LogP contribution is 2.16. The van der Waals surface area contributed by atoms with Crippen molar-refractivity contribution in [3.63, 3.8) is 0 Å². The molecule has 0 aromatic heterocycles. The third kappa shape index (κ3) is 5.76. The number of hydrogen-bond acceptors (Lipinski definition) is 4. The van der Waals surface area contributed by atoms with Crippen LogP contribution in [0, 0.1) is 0 Å². The lowest BCUT2D eigenvalue weighted by Crippen LogP contribution is -3.00. The van der Waals surface area contributed by atoms with Gasteiger partial charge in [-0.05, 0) is 24.6 Å². The number of hydrazone groups is 1. The SMILES string of the molecule is CCOc1ccccc1C=NN1CCN(Cc2ccccc2)CC1.[Cl-]. The van der Waals surface area contributed by atoms with Crippen LogP contribution in [0.3, 0.4) is 0 Å². The molecule has 5 heteroatoms. The molecule has 0 radical (unpaired) electrons. The van der Waals surface area contributed by atoms with E-state index in [9.17, 15) is 0 Å². The molecular weight excluding hydrogens is 334 g/mol. The number of piperazine rings is 1. The zero-order valence-corrected chi connectivity index (χ0v) is 15.4. The Morgan fingerprint density at radius 3 is 2.36 bits per heavy atom. The van der Waals surface area contributed by atoms with E-state index < -0.39 is 0 Å². The minimum atomic E-state index is 0. The lowest BCUT2D eigenvalue weighted by molar-refractivity contribution is -0.00000544. The third-order valence-electron chi connectivity index (χ3n) is 4.18. The Morgan fingerprint density at radius 1 is 0.960 bits per heavy atom. The summed E-state index contributed by atoms with van der Waals surface area (Å²) >= 11 is 0. The number of para-hydroxylation sites is 1. The maximum absolute atomic E-state index is 5.64. The Morgan fingerprint density at radius 2 is 1.64 bits per heavy atom. The van der Waals surface area contributed by atoms with Gasteiger partial charge in [-0.25, -0.2) is 0 Å². The van der Waals surface area contributed by atoms with Crippen LogP contribution >= 0.6 is 0 Å². The Labute approximate surface area is 156 Å². The van der Waals surface area contributed by atoms with E-state index in [-0.39, 0.29) is 12.4 Å². The molecule has 1 heterocycles. The third-order valence-corrected chi connectivity index (χ3v) is 4.18. The van der Waals surface area contributed by atoms with Gasteiger partial charge < -0.3 is 17.1 Å². The molecule has 25 heavy (non-hydrogen) atoms. The fourth-order valence-electron chi connectivity index (χ4n) is 2.87. The fourth-order valence-corrected chi connectivity index (χ4v) is 2.87. The molecule has 2 aromatic carbocycles. The number of nitrogens with zero attached hydrogens (tertiary/aromatic N) is 3. The number of benzene rings is 2. The molecule has 1 saturated heterocycles. The summed E-state index contributed by atoms with van der Waals surface area (Å²) in [6.45, 7) is 7.69. The van der Waals surface area contributed by atoms with Crippen molar-refractivity contribution in [2.24, 2.45) is 5.10 Å². The highest BCUT2D eigenvalue weighted by atomic mass is 35.5. The summed E-state index contributed by atoms with van der Waals surface area (Å²) < 4.78 is 5.64. The predicted octanol–water partition coefficient (Wildman–Crippen LogP) is 0.241. The number of rotatable bonds is 6. The van der Waals surface area contributed by atoms with Crippen LogP contribution in [0.5, 0.6) is 5.75 Å². The monoisotopic (exact) mass is 358 g/mol. The second-order valence-corrected chi connectivity index (χ2v) is 5.93. The largest absolute Gasteiger partial charge is 1.00 e. The van der Waals surface area contributed by atoms with Crippen molar-refractivity contribution in [2.45, 2.75) is 13.5 Å². The molecule has 1 aliphatic rings. The quantitative estimate of drug-likeness (QED) is 0.693. The second-order valence-electron chi connectivity index (χ2n) is 5.93. The second kappa shape index (κ2) is 10.1. The van der Waals surface area contributed by atoms with Crippen LogP contribution in [0.1, 0.15) is 18.1 Å². The maximum atomic E-state index is 5.64. The zero-order valence-electron chi connectivity index (χ0n) is 14.6. The van der Waals surface area contributed by atoms with E-state index in [0.717, 1.165) is 44.0 Å². The van der Waals surface area contributed by atoms with Crippen molar-refractivity contribution >= 4 is 6.21 Å². The van der Waals surface area contributed by atoms with Gasteiger partial charge in [0.2, 0.25) is 0 Å². The Bertz CT molecular complexity index is 655. The van der Waals surface area contributed by atoms with E-state index in [1.807, 2.05) is 37.4 Å². The maximum Gasteiger partial charge on any atom is 0.128 e. The molecule has 0 aliphatic carbocycles. The molecule has 0 unspecified atom stereocenters. The standard InChI is InChI=1S/C20H25N3O.ClH/c1-2-24-20-11-7-6-10-19(20)16-21-23-14-12-22(13-15-23)17-18-8-4-3-5-9-18;/h3-11,16H,2,12-15,17H2,1H3;1H/p-1. The van der Waals surface area contributed by atoms with Crippen LogP contribution in [0.25, 0.3) is 0 Å². The normalized spacial score (nSPS) is 15.2. The molecule has 134 valence electrons. The zero-order chi connectivity index (χ0) is 16.6. The van der Waals surface area contributed by atoms with Crippen molar-refractivity contribution in [1.82, 2.24) is 9.91 Å². The number of ether oxygens (including phenoxy) is 1. The average Bonchev–Trinajstić information content (AvgIpc) is 2.63. The first-order valence-electron chi connectivity index (χ1n) is 8.62. The lowest BCUT2D eigenvalue weighted by atomic mass is 10.2. The van der Waals surface area contributed by atoms with Crippen LogP contribution in [-0.4, -0.2) is 48.9 Å². The van der Waals surface area contributed by atoms with E-state index in [4.69, 9.17) is 4.74 Å². The first-order chi connectivity index (χ1) is 11.8. The molecule has 1 aliphatic heterocycles.